The summed E-state index contributed by atoms with van der Waals surface area (Å²) in [6, 6.07) is 43.8. The van der Waals surface area contributed by atoms with Crippen LogP contribution in [0.2, 0.25) is 0 Å². The number of hydrogen-bond acceptors (Lipinski definition) is 3. The summed E-state index contributed by atoms with van der Waals surface area (Å²) in [4.78, 5) is 25.0. The maximum Gasteiger partial charge on any atom is 0.243 e. The molecule has 5 nitrogen and oxygen atoms in total. The minimum atomic E-state index is -0.457. The van der Waals surface area contributed by atoms with Crippen LogP contribution in [-0.4, -0.2) is 21.5 Å². The van der Waals surface area contributed by atoms with Gasteiger partial charge in [0.25, 0.3) is 0 Å². The van der Waals surface area contributed by atoms with E-state index in [-0.39, 0.29) is 12.2 Å². The Morgan fingerprint density at radius 3 is 1.64 bits per heavy atom. The number of rotatable bonds is 12. The van der Waals surface area contributed by atoms with Gasteiger partial charge in [-0.05, 0) is 53.1 Å². The largest absolute Gasteiger partial charge is 0.338 e. The summed E-state index contributed by atoms with van der Waals surface area (Å²) < 4.78 is 2.12. The number of aromatic nitrogens is 1. The highest BCUT2D eigenvalue weighted by Crippen LogP contribution is 2.43. The van der Waals surface area contributed by atoms with Crippen LogP contribution in [-0.2, 0) is 29.6 Å². The van der Waals surface area contributed by atoms with Crippen LogP contribution in [0, 0.1) is 0 Å². The van der Waals surface area contributed by atoms with E-state index in [0.29, 0.717) is 25.1 Å². The summed E-state index contributed by atoms with van der Waals surface area (Å²) in [7, 11) is 0. The standard InChI is InChI=1S/C37H36N2O3/c1-28(40)35-26-30(22-23-36(41)38-42)34(39(35)27-29-14-6-2-7-15-29)24-25-37(31-16-8-3-9-17-31,32-18-10-4-11-19-32)33-20-12-5-13-21-33/h2-21,26,42H,22-25,27H2,1H3,(H,38,41). The highest BCUT2D eigenvalue weighted by atomic mass is 16.5. The third-order valence-electron chi connectivity index (χ3n) is 8.13. The van der Waals surface area contributed by atoms with Crippen LogP contribution in [0.15, 0.2) is 127 Å². The fraction of sp³-hybridized carbons (Fsp3) is 0.189. The molecule has 5 aromatic rings. The number of nitrogens with one attached hydrogen (secondary N) is 1. The number of amides is 1. The zero-order valence-corrected chi connectivity index (χ0v) is 23.9. The number of benzene rings is 4. The lowest BCUT2D eigenvalue weighted by atomic mass is 9.66. The van der Waals surface area contributed by atoms with E-state index in [0.717, 1.165) is 23.2 Å². The highest BCUT2D eigenvalue weighted by molar-refractivity contribution is 5.93. The van der Waals surface area contributed by atoms with E-state index in [1.54, 1.807) is 12.4 Å². The van der Waals surface area contributed by atoms with Crippen molar-refractivity contribution in [1.29, 1.82) is 0 Å². The first kappa shape index (κ1) is 28.8. The Balaban J connectivity index is 1.67. The first-order chi connectivity index (χ1) is 20.5. The van der Waals surface area contributed by atoms with E-state index in [2.05, 4.69) is 89.5 Å². The van der Waals surface area contributed by atoms with Gasteiger partial charge >= 0.3 is 0 Å². The third-order valence-corrected chi connectivity index (χ3v) is 8.13. The predicted octanol–water partition coefficient (Wildman–Crippen LogP) is 7.14. The number of carbonyl (C=O) groups excluding carboxylic acids is 2. The Labute approximate surface area is 247 Å². The Morgan fingerprint density at radius 1 is 0.714 bits per heavy atom. The van der Waals surface area contributed by atoms with Crippen molar-refractivity contribution >= 4 is 11.7 Å². The molecule has 0 aliphatic rings. The van der Waals surface area contributed by atoms with Gasteiger partial charge in [-0.1, -0.05) is 121 Å². The number of Topliss-reactive ketones (excluding diaryl/α,β-unsaturated/α-hetero) is 1. The monoisotopic (exact) mass is 556 g/mol. The summed E-state index contributed by atoms with van der Waals surface area (Å²) in [5.74, 6) is -0.473. The summed E-state index contributed by atoms with van der Waals surface area (Å²) >= 11 is 0. The van der Waals surface area contributed by atoms with Crippen molar-refractivity contribution in [2.45, 2.75) is 44.6 Å². The van der Waals surface area contributed by atoms with Crippen molar-refractivity contribution < 1.29 is 14.8 Å². The van der Waals surface area contributed by atoms with Gasteiger partial charge in [0.15, 0.2) is 5.78 Å². The topological polar surface area (TPSA) is 71.3 Å². The van der Waals surface area contributed by atoms with Crippen molar-refractivity contribution in [2.75, 3.05) is 0 Å². The average molecular weight is 557 g/mol. The number of nitrogens with zero attached hydrogens (tertiary/aromatic N) is 1. The molecule has 0 saturated carbocycles. The van der Waals surface area contributed by atoms with Crippen LogP contribution >= 0.6 is 0 Å². The molecule has 0 fully saturated rings. The summed E-state index contributed by atoms with van der Waals surface area (Å²) in [6.45, 7) is 2.14. The molecule has 1 aromatic heterocycles. The molecule has 0 atom stereocenters. The minimum absolute atomic E-state index is 0.0227. The van der Waals surface area contributed by atoms with Gasteiger partial charge in [-0.15, -0.1) is 0 Å². The fourth-order valence-corrected chi connectivity index (χ4v) is 6.11. The SMILES string of the molecule is CC(=O)c1cc(CCC(=O)NO)c(CCC(c2ccccc2)(c2ccccc2)c2ccccc2)n1Cc1ccccc1. The van der Waals surface area contributed by atoms with E-state index in [1.807, 2.05) is 42.5 Å². The molecule has 4 aromatic carbocycles. The molecule has 0 bridgehead atoms. The van der Waals surface area contributed by atoms with E-state index >= 15 is 0 Å². The number of hydrogen-bond donors (Lipinski definition) is 2. The zero-order chi connectivity index (χ0) is 29.4. The lowest BCUT2D eigenvalue weighted by Gasteiger charge is -2.36. The summed E-state index contributed by atoms with van der Waals surface area (Å²) in [6.07, 6.45) is 1.94. The molecule has 0 aliphatic heterocycles. The maximum atomic E-state index is 12.9. The van der Waals surface area contributed by atoms with E-state index < -0.39 is 11.3 Å². The van der Waals surface area contributed by atoms with Gasteiger partial charge in [-0.25, -0.2) is 5.48 Å². The summed E-state index contributed by atoms with van der Waals surface area (Å²) in [5, 5.41) is 9.15. The van der Waals surface area contributed by atoms with Crippen LogP contribution in [0.25, 0.3) is 0 Å². The number of carbonyl (C=O) groups is 2. The first-order valence-electron chi connectivity index (χ1n) is 14.4. The fourth-order valence-electron chi connectivity index (χ4n) is 6.11. The van der Waals surface area contributed by atoms with Crippen LogP contribution in [0.4, 0.5) is 0 Å². The smallest absolute Gasteiger partial charge is 0.243 e. The molecule has 0 unspecified atom stereocenters. The second kappa shape index (κ2) is 13.3. The van der Waals surface area contributed by atoms with Crippen molar-refractivity contribution in [2.24, 2.45) is 0 Å². The highest BCUT2D eigenvalue weighted by Gasteiger charge is 2.36. The number of ketones is 1. The lowest BCUT2D eigenvalue weighted by molar-refractivity contribution is -0.129. The molecule has 42 heavy (non-hydrogen) atoms. The Morgan fingerprint density at radius 2 is 1.19 bits per heavy atom. The van der Waals surface area contributed by atoms with Crippen LogP contribution in [0.1, 0.15) is 63.8 Å². The zero-order valence-electron chi connectivity index (χ0n) is 23.9. The van der Waals surface area contributed by atoms with Gasteiger partial charge in [0.2, 0.25) is 5.91 Å². The van der Waals surface area contributed by atoms with Gasteiger partial charge in [-0.3, -0.25) is 14.8 Å². The van der Waals surface area contributed by atoms with Gasteiger partial charge in [0, 0.05) is 31.0 Å². The Kier molecular flexibility index (Phi) is 9.10. The summed E-state index contributed by atoms with van der Waals surface area (Å²) in [5.41, 5.74) is 8.56. The van der Waals surface area contributed by atoms with Crippen molar-refractivity contribution in [3.8, 4) is 0 Å². The Bertz CT molecular complexity index is 1520. The van der Waals surface area contributed by atoms with Crippen LogP contribution < -0.4 is 5.48 Å². The van der Waals surface area contributed by atoms with E-state index in [1.165, 1.54) is 16.7 Å². The average Bonchev–Trinajstić information content (AvgIpc) is 3.39. The van der Waals surface area contributed by atoms with Crippen molar-refractivity contribution in [1.82, 2.24) is 10.0 Å². The minimum Gasteiger partial charge on any atom is -0.338 e. The normalized spacial score (nSPS) is 11.3. The molecule has 0 radical (unpaired) electrons. The number of aryl methyl sites for hydroxylation is 1. The van der Waals surface area contributed by atoms with Crippen molar-refractivity contribution in [3.05, 3.63) is 167 Å². The van der Waals surface area contributed by atoms with Gasteiger partial charge < -0.3 is 4.57 Å². The van der Waals surface area contributed by atoms with Gasteiger partial charge in [0.05, 0.1) is 5.69 Å². The number of hydroxylamine groups is 1. The quantitative estimate of drug-likeness (QED) is 0.0742. The molecule has 1 heterocycles. The molecule has 5 rings (SSSR count). The molecule has 0 saturated heterocycles. The van der Waals surface area contributed by atoms with Gasteiger partial charge in [-0.2, -0.15) is 0 Å². The van der Waals surface area contributed by atoms with Gasteiger partial charge in [0.1, 0.15) is 0 Å². The molecule has 0 aliphatic carbocycles. The lowest BCUT2D eigenvalue weighted by Crippen LogP contribution is -2.30. The van der Waals surface area contributed by atoms with E-state index in [4.69, 9.17) is 5.21 Å². The first-order valence-corrected chi connectivity index (χ1v) is 14.4. The molecular weight excluding hydrogens is 520 g/mol. The van der Waals surface area contributed by atoms with Crippen LogP contribution in [0.3, 0.4) is 0 Å². The molecule has 1 amide bonds. The predicted molar refractivity (Wildman–Crippen MR) is 166 cm³/mol. The molecule has 212 valence electrons. The Hall–Kier alpha value is -4.74. The molecule has 5 heteroatoms. The molecule has 2 N–H and O–H groups in total. The van der Waals surface area contributed by atoms with E-state index in [9.17, 15) is 9.59 Å². The molecular formula is C37H36N2O3. The second-order valence-corrected chi connectivity index (χ2v) is 10.7. The van der Waals surface area contributed by atoms with Crippen LogP contribution in [0.5, 0.6) is 0 Å². The van der Waals surface area contributed by atoms with Crippen molar-refractivity contribution in [3.63, 3.8) is 0 Å². The maximum absolute atomic E-state index is 12.9. The third kappa shape index (κ3) is 6.12. The second-order valence-electron chi connectivity index (χ2n) is 10.7. The molecule has 0 spiro atoms.